The van der Waals surface area contributed by atoms with Crippen LogP contribution in [0.1, 0.15) is 27.8 Å². The molecule has 68 heavy (non-hydrogen) atoms. The summed E-state index contributed by atoms with van der Waals surface area (Å²) in [5.74, 6) is 0. The van der Waals surface area contributed by atoms with E-state index in [1.807, 2.05) is 0 Å². The molecule has 3 nitrogen and oxygen atoms in total. The first-order valence-electron chi connectivity index (χ1n) is 23.5. The molecular weight excluding hydrogens is 823 g/mol. The van der Waals surface area contributed by atoms with Gasteiger partial charge in [-0.25, -0.2) is 0 Å². The van der Waals surface area contributed by atoms with Crippen molar-refractivity contribution in [2.75, 3.05) is 14.7 Å². The normalized spacial score (nSPS) is 11.0. The van der Waals surface area contributed by atoms with Crippen LogP contribution in [-0.4, -0.2) is 0 Å². The summed E-state index contributed by atoms with van der Waals surface area (Å²) in [6.45, 7) is 10.8. The van der Waals surface area contributed by atoms with Gasteiger partial charge >= 0.3 is 0 Å². The minimum absolute atomic E-state index is 1.07. The predicted molar refractivity (Wildman–Crippen MR) is 290 cm³/mol. The molecule has 0 unspecified atom stereocenters. The summed E-state index contributed by atoms with van der Waals surface area (Å²) in [5, 5.41) is 0. The zero-order valence-corrected chi connectivity index (χ0v) is 39.4. The van der Waals surface area contributed by atoms with Crippen molar-refractivity contribution in [3.63, 3.8) is 0 Å². The van der Waals surface area contributed by atoms with Crippen LogP contribution in [0.3, 0.4) is 0 Å². The minimum atomic E-state index is 1.07. The first-order valence-corrected chi connectivity index (χ1v) is 23.5. The van der Waals surface area contributed by atoms with Crippen molar-refractivity contribution >= 4 is 51.2 Å². The molecule has 0 aliphatic heterocycles. The Bertz CT molecular complexity index is 3120. The zero-order chi connectivity index (χ0) is 46.6. The molecule has 0 spiro atoms. The van der Waals surface area contributed by atoms with Crippen LogP contribution in [0, 0.1) is 34.6 Å². The van der Waals surface area contributed by atoms with Gasteiger partial charge in [0, 0.05) is 56.6 Å². The molecule has 10 aromatic carbocycles. The van der Waals surface area contributed by atoms with Crippen molar-refractivity contribution in [3.05, 3.63) is 270 Å². The van der Waals surface area contributed by atoms with E-state index in [1.165, 1.54) is 38.9 Å². The third-order valence-electron chi connectivity index (χ3n) is 12.6. The summed E-state index contributed by atoms with van der Waals surface area (Å²) in [6, 6.07) is 88.6. The zero-order valence-electron chi connectivity index (χ0n) is 39.4. The maximum atomic E-state index is 2.46. The molecule has 0 heterocycles. The number of anilines is 9. The lowest BCUT2D eigenvalue weighted by molar-refractivity contribution is 1.25. The smallest absolute Gasteiger partial charge is 0.0618 e. The molecule has 0 saturated heterocycles. The lowest BCUT2D eigenvalue weighted by Crippen LogP contribution is -2.14. The number of rotatable bonds is 12. The maximum absolute atomic E-state index is 2.46. The molecule has 10 aromatic rings. The highest BCUT2D eigenvalue weighted by atomic mass is 15.2. The number of hydrogen-bond acceptors (Lipinski definition) is 3. The van der Waals surface area contributed by atoms with E-state index >= 15 is 0 Å². The van der Waals surface area contributed by atoms with Gasteiger partial charge in [-0.3, -0.25) is 0 Å². The van der Waals surface area contributed by atoms with Crippen LogP contribution in [0.5, 0.6) is 0 Å². The SMILES string of the molecule is Cc1cccc(N(c2cccc(C)c2)c2cccc(-c3cccc(-c4cccc(N(c5cccc(C)c5)c5cccc(C)c5)c4)c3N(c3ccc(-c4ccccc4)cc3)c3cccc(C)c3)c2)c1. The second-order valence-electron chi connectivity index (χ2n) is 17.9. The van der Waals surface area contributed by atoms with Gasteiger partial charge in [-0.1, -0.05) is 146 Å². The molecule has 10 rings (SSSR count). The Balaban J connectivity index is 1.22. The first-order chi connectivity index (χ1) is 33.3. The fourth-order valence-corrected chi connectivity index (χ4v) is 9.45. The standard InChI is InChI=1S/C65H55N3/c1-46-17-9-26-56(39-46)66(57-27-10-18-47(2)40-57)61-31-14-24-53(44-61)63-33-16-34-64(54-25-15-32-62(45-54)67(58-28-11-19-48(3)41-58)59-29-12-20-49(4)42-59)65(63)68(60-30-13-21-50(5)43-60)55-37-35-52(36-38-55)51-22-7-6-8-23-51/h6-45H,1-5H3. The number of benzene rings is 10. The van der Waals surface area contributed by atoms with Crippen molar-refractivity contribution < 1.29 is 0 Å². The summed E-state index contributed by atoms with van der Waals surface area (Å²) < 4.78 is 0. The van der Waals surface area contributed by atoms with E-state index in [0.717, 1.165) is 73.4 Å². The Kier molecular flexibility index (Phi) is 12.3. The van der Waals surface area contributed by atoms with Crippen LogP contribution in [0.4, 0.5) is 51.2 Å². The van der Waals surface area contributed by atoms with E-state index in [4.69, 9.17) is 0 Å². The molecule has 330 valence electrons. The molecule has 0 aromatic heterocycles. The van der Waals surface area contributed by atoms with Gasteiger partial charge < -0.3 is 14.7 Å². The second-order valence-corrected chi connectivity index (χ2v) is 17.9. The summed E-state index contributed by atoms with van der Waals surface area (Å²) in [4.78, 5) is 7.22. The second kappa shape index (κ2) is 19.2. The van der Waals surface area contributed by atoms with E-state index in [0.29, 0.717) is 0 Å². The molecule has 0 fully saturated rings. The van der Waals surface area contributed by atoms with Gasteiger partial charge in [0.1, 0.15) is 0 Å². The first kappa shape index (κ1) is 43.5. The molecule has 0 aliphatic rings. The third-order valence-corrected chi connectivity index (χ3v) is 12.6. The van der Waals surface area contributed by atoms with Crippen molar-refractivity contribution in [2.24, 2.45) is 0 Å². The predicted octanol–water partition coefficient (Wildman–Crippen LogP) is 18.6. The lowest BCUT2D eigenvalue weighted by atomic mass is 9.93. The van der Waals surface area contributed by atoms with Gasteiger partial charge in [-0.15, -0.1) is 0 Å². The summed E-state index contributed by atoms with van der Waals surface area (Å²) in [6.07, 6.45) is 0. The molecule has 0 saturated carbocycles. The maximum Gasteiger partial charge on any atom is 0.0618 e. The number of hydrogen-bond donors (Lipinski definition) is 0. The highest BCUT2D eigenvalue weighted by Crippen LogP contribution is 2.49. The Labute approximate surface area is 402 Å². The molecular formula is C65H55N3. The van der Waals surface area contributed by atoms with Crippen LogP contribution in [0.15, 0.2) is 243 Å². The Morgan fingerprint density at radius 2 is 0.500 bits per heavy atom. The number of aryl methyl sites for hydroxylation is 5. The van der Waals surface area contributed by atoms with E-state index in [-0.39, 0.29) is 0 Å². The third kappa shape index (κ3) is 9.20. The monoisotopic (exact) mass is 877 g/mol. The largest absolute Gasteiger partial charge is 0.310 e. The Morgan fingerprint density at radius 3 is 0.868 bits per heavy atom. The highest BCUT2D eigenvalue weighted by molar-refractivity contribution is 5.99. The average Bonchev–Trinajstić information content (AvgIpc) is 3.35. The van der Waals surface area contributed by atoms with Crippen molar-refractivity contribution in [2.45, 2.75) is 34.6 Å². The van der Waals surface area contributed by atoms with Gasteiger partial charge in [0.25, 0.3) is 0 Å². The lowest BCUT2D eigenvalue weighted by Gasteiger charge is -2.32. The van der Waals surface area contributed by atoms with Gasteiger partial charge in [0.15, 0.2) is 0 Å². The average molecular weight is 878 g/mol. The molecule has 3 heteroatoms. The van der Waals surface area contributed by atoms with E-state index in [1.54, 1.807) is 0 Å². The van der Waals surface area contributed by atoms with Crippen LogP contribution >= 0.6 is 0 Å². The van der Waals surface area contributed by atoms with E-state index in [2.05, 4.69) is 292 Å². The van der Waals surface area contributed by atoms with Gasteiger partial charge in [0.2, 0.25) is 0 Å². The number of para-hydroxylation sites is 1. The van der Waals surface area contributed by atoms with Gasteiger partial charge in [-0.2, -0.15) is 0 Å². The minimum Gasteiger partial charge on any atom is -0.310 e. The van der Waals surface area contributed by atoms with E-state index < -0.39 is 0 Å². The fraction of sp³-hybridized carbons (Fsp3) is 0.0769. The molecule has 0 atom stereocenters. The summed E-state index contributed by atoms with van der Waals surface area (Å²) in [7, 11) is 0. The van der Waals surface area contributed by atoms with E-state index in [9.17, 15) is 0 Å². The molecule has 0 amide bonds. The van der Waals surface area contributed by atoms with Crippen LogP contribution in [0.2, 0.25) is 0 Å². The fourth-order valence-electron chi connectivity index (χ4n) is 9.45. The van der Waals surface area contributed by atoms with Crippen LogP contribution in [0.25, 0.3) is 33.4 Å². The summed E-state index contributed by atoms with van der Waals surface area (Å²) in [5.41, 5.74) is 22.7. The molecule has 0 aliphatic carbocycles. The Morgan fingerprint density at radius 1 is 0.206 bits per heavy atom. The molecule has 0 radical (unpaired) electrons. The van der Waals surface area contributed by atoms with Gasteiger partial charge in [-0.05, 0) is 182 Å². The van der Waals surface area contributed by atoms with Gasteiger partial charge in [0.05, 0.1) is 5.69 Å². The van der Waals surface area contributed by atoms with Crippen molar-refractivity contribution in [3.8, 4) is 33.4 Å². The van der Waals surface area contributed by atoms with Crippen molar-refractivity contribution in [1.82, 2.24) is 0 Å². The molecule has 0 N–H and O–H groups in total. The van der Waals surface area contributed by atoms with Crippen LogP contribution < -0.4 is 14.7 Å². The molecule has 0 bridgehead atoms. The van der Waals surface area contributed by atoms with Crippen LogP contribution in [-0.2, 0) is 0 Å². The Hall–Kier alpha value is -8.40. The highest BCUT2D eigenvalue weighted by Gasteiger charge is 2.24. The number of nitrogens with zero attached hydrogens (tertiary/aromatic N) is 3. The quantitative estimate of drug-likeness (QED) is 0.121. The van der Waals surface area contributed by atoms with Crippen molar-refractivity contribution in [1.29, 1.82) is 0 Å². The topological polar surface area (TPSA) is 9.72 Å². The summed E-state index contributed by atoms with van der Waals surface area (Å²) >= 11 is 0.